The molecule has 14 heavy (non-hydrogen) atoms. The molecule has 0 aromatic carbocycles. The maximum atomic E-state index is 10.5. The molecule has 0 aliphatic heterocycles. The summed E-state index contributed by atoms with van der Waals surface area (Å²) in [5.41, 5.74) is 5.26. The fourth-order valence-corrected chi connectivity index (χ4v) is 1.16. The Bertz CT molecular complexity index is 350. The zero-order valence-electron chi connectivity index (χ0n) is 7.77. The van der Waals surface area contributed by atoms with Gasteiger partial charge in [0.2, 0.25) is 0 Å². The van der Waals surface area contributed by atoms with E-state index in [0.717, 1.165) is 0 Å². The highest BCUT2D eigenvalue weighted by Gasteiger charge is 2.25. The first-order valence-corrected chi connectivity index (χ1v) is 4.07. The number of carboxylic acids is 1. The average Bonchev–Trinajstić information content (AvgIpc) is 2.01. The lowest BCUT2D eigenvalue weighted by atomic mass is 9.91. The zero-order chi connectivity index (χ0) is 10.8. The van der Waals surface area contributed by atoms with Crippen LogP contribution in [0.15, 0.2) is 18.5 Å². The second kappa shape index (κ2) is 3.63. The van der Waals surface area contributed by atoms with Gasteiger partial charge in [-0.3, -0.25) is 9.78 Å². The lowest BCUT2D eigenvalue weighted by molar-refractivity contribution is -0.138. The predicted octanol–water partition coefficient (Wildman–Crippen LogP) is 0.436. The molecule has 0 aliphatic rings. The van der Waals surface area contributed by atoms with Crippen molar-refractivity contribution in [2.45, 2.75) is 18.9 Å². The third kappa shape index (κ3) is 2.43. The Morgan fingerprint density at radius 1 is 1.64 bits per heavy atom. The molecule has 0 aliphatic carbocycles. The van der Waals surface area contributed by atoms with Gasteiger partial charge in [-0.2, -0.15) is 0 Å². The van der Waals surface area contributed by atoms with Crippen LogP contribution in [0.4, 0.5) is 0 Å². The summed E-state index contributed by atoms with van der Waals surface area (Å²) in [6, 6.07) is 1.41. The molecule has 1 aromatic rings. The average molecular weight is 196 g/mol. The SMILES string of the molecule is CC(N)(CC(=O)O)c1cncc(O)c1. The van der Waals surface area contributed by atoms with Gasteiger partial charge < -0.3 is 15.9 Å². The third-order valence-electron chi connectivity index (χ3n) is 1.90. The lowest BCUT2D eigenvalue weighted by Gasteiger charge is -2.22. The second-order valence-corrected chi connectivity index (χ2v) is 3.42. The molecule has 1 heterocycles. The summed E-state index contributed by atoms with van der Waals surface area (Å²) in [7, 11) is 0. The number of carboxylic acid groups (broad SMARTS) is 1. The molecule has 0 bridgehead atoms. The number of pyridine rings is 1. The number of nitrogens with two attached hydrogens (primary N) is 1. The monoisotopic (exact) mass is 196 g/mol. The van der Waals surface area contributed by atoms with Crippen LogP contribution < -0.4 is 5.73 Å². The van der Waals surface area contributed by atoms with E-state index in [-0.39, 0.29) is 12.2 Å². The van der Waals surface area contributed by atoms with E-state index in [9.17, 15) is 4.79 Å². The third-order valence-corrected chi connectivity index (χ3v) is 1.90. The molecule has 1 aromatic heterocycles. The van der Waals surface area contributed by atoms with E-state index in [2.05, 4.69) is 4.98 Å². The van der Waals surface area contributed by atoms with Crippen LogP contribution in [0.2, 0.25) is 0 Å². The van der Waals surface area contributed by atoms with Crippen molar-refractivity contribution in [1.82, 2.24) is 4.98 Å². The minimum absolute atomic E-state index is 0.0236. The normalized spacial score (nSPS) is 14.7. The number of hydrogen-bond acceptors (Lipinski definition) is 4. The van der Waals surface area contributed by atoms with Gasteiger partial charge >= 0.3 is 5.97 Å². The fraction of sp³-hybridized carbons (Fsp3) is 0.333. The van der Waals surface area contributed by atoms with Crippen molar-refractivity contribution in [2.75, 3.05) is 0 Å². The molecule has 4 N–H and O–H groups in total. The number of rotatable bonds is 3. The van der Waals surface area contributed by atoms with Gasteiger partial charge in [0.1, 0.15) is 5.75 Å². The number of hydrogen-bond donors (Lipinski definition) is 3. The summed E-state index contributed by atoms with van der Waals surface area (Å²) in [6.45, 7) is 1.58. The van der Waals surface area contributed by atoms with Gasteiger partial charge in [0.15, 0.2) is 0 Å². The van der Waals surface area contributed by atoms with Gasteiger partial charge in [-0.1, -0.05) is 0 Å². The van der Waals surface area contributed by atoms with Gasteiger partial charge in [0, 0.05) is 6.20 Å². The van der Waals surface area contributed by atoms with Crippen LogP contribution in [0.25, 0.3) is 0 Å². The topological polar surface area (TPSA) is 96.4 Å². The molecule has 0 saturated heterocycles. The Balaban J connectivity index is 2.97. The van der Waals surface area contributed by atoms with Gasteiger partial charge in [-0.05, 0) is 18.6 Å². The van der Waals surface area contributed by atoms with Crippen LogP contribution in [0.5, 0.6) is 5.75 Å². The summed E-state index contributed by atoms with van der Waals surface area (Å²) >= 11 is 0. The summed E-state index contributed by atoms with van der Waals surface area (Å²) in [5, 5.41) is 17.8. The minimum Gasteiger partial charge on any atom is -0.506 e. The highest BCUT2D eigenvalue weighted by molar-refractivity contribution is 5.68. The molecule has 0 saturated carbocycles. The van der Waals surface area contributed by atoms with E-state index >= 15 is 0 Å². The van der Waals surface area contributed by atoms with Crippen molar-refractivity contribution in [1.29, 1.82) is 0 Å². The van der Waals surface area contributed by atoms with Crippen LogP contribution in [0, 0.1) is 0 Å². The fourth-order valence-electron chi connectivity index (χ4n) is 1.16. The van der Waals surface area contributed by atoms with E-state index < -0.39 is 11.5 Å². The maximum absolute atomic E-state index is 10.5. The van der Waals surface area contributed by atoms with E-state index in [0.29, 0.717) is 5.56 Å². The van der Waals surface area contributed by atoms with Crippen LogP contribution in [0.3, 0.4) is 0 Å². The maximum Gasteiger partial charge on any atom is 0.305 e. The molecule has 1 unspecified atom stereocenters. The number of aromatic hydroxyl groups is 1. The van der Waals surface area contributed by atoms with Crippen molar-refractivity contribution >= 4 is 5.97 Å². The predicted molar refractivity (Wildman–Crippen MR) is 49.7 cm³/mol. The lowest BCUT2D eigenvalue weighted by Crippen LogP contribution is -2.35. The summed E-state index contributed by atoms with van der Waals surface area (Å²) < 4.78 is 0. The molecule has 5 heteroatoms. The van der Waals surface area contributed by atoms with Gasteiger partial charge in [0.25, 0.3) is 0 Å². The molecule has 76 valence electrons. The standard InChI is InChI=1S/C9H12N2O3/c1-9(10,3-8(13)14)6-2-7(12)5-11-4-6/h2,4-5,12H,3,10H2,1H3,(H,13,14). The van der Waals surface area contributed by atoms with Crippen LogP contribution in [-0.2, 0) is 10.3 Å². The number of aliphatic carboxylic acids is 1. The van der Waals surface area contributed by atoms with Gasteiger partial charge in [0.05, 0.1) is 18.2 Å². The quantitative estimate of drug-likeness (QED) is 0.651. The molecular formula is C9H12N2O3. The van der Waals surface area contributed by atoms with Crippen molar-refractivity contribution in [3.8, 4) is 5.75 Å². The Labute approximate surface area is 81.2 Å². The van der Waals surface area contributed by atoms with Crippen molar-refractivity contribution in [3.05, 3.63) is 24.0 Å². The largest absolute Gasteiger partial charge is 0.506 e. The highest BCUT2D eigenvalue weighted by Crippen LogP contribution is 2.23. The Kier molecular flexibility index (Phi) is 2.71. The first-order valence-electron chi connectivity index (χ1n) is 4.07. The van der Waals surface area contributed by atoms with Crippen LogP contribution >= 0.6 is 0 Å². The molecule has 0 amide bonds. The highest BCUT2D eigenvalue weighted by atomic mass is 16.4. The molecule has 1 atom stereocenters. The van der Waals surface area contributed by atoms with Crippen LogP contribution in [0.1, 0.15) is 18.9 Å². The van der Waals surface area contributed by atoms with Crippen molar-refractivity contribution < 1.29 is 15.0 Å². The minimum atomic E-state index is -1.02. The van der Waals surface area contributed by atoms with Crippen molar-refractivity contribution in [2.24, 2.45) is 5.73 Å². The van der Waals surface area contributed by atoms with E-state index in [1.54, 1.807) is 6.92 Å². The number of aromatic nitrogens is 1. The molecule has 0 radical (unpaired) electrons. The molecule has 0 spiro atoms. The Morgan fingerprint density at radius 3 is 2.79 bits per heavy atom. The summed E-state index contributed by atoms with van der Waals surface area (Å²) in [6.07, 6.45) is 2.50. The molecule has 5 nitrogen and oxygen atoms in total. The Hall–Kier alpha value is -1.62. The number of carbonyl (C=O) groups is 1. The first kappa shape index (κ1) is 10.5. The number of nitrogens with zero attached hydrogens (tertiary/aromatic N) is 1. The second-order valence-electron chi connectivity index (χ2n) is 3.42. The van der Waals surface area contributed by atoms with Gasteiger partial charge in [-0.15, -0.1) is 0 Å². The Morgan fingerprint density at radius 2 is 2.29 bits per heavy atom. The zero-order valence-corrected chi connectivity index (χ0v) is 7.77. The van der Waals surface area contributed by atoms with Crippen LogP contribution in [-0.4, -0.2) is 21.2 Å². The summed E-state index contributed by atoms with van der Waals surface area (Å²) in [4.78, 5) is 14.2. The smallest absolute Gasteiger partial charge is 0.305 e. The first-order chi connectivity index (χ1) is 6.42. The molecule has 0 fully saturated rings. The molecule has 1 rings (SSSR count). The molecular weight excluding hydrogens is 184 g/mol. The summed E-state index contributed by atoms with van der Waals surface area (Å²) in [5.74, 6) is -1.01. The van der Waals surface area contributed by atoms with Gasteiger partial charge in [-0.25, -0.2) is 0 Å². The van der Waals surface area contributed by atoms with Crippen molar-refractivity contribution in [3.63, 3.8) is 0 Å². The van der Waals surface area contributed by atoms with E-state index in [1.165, 1.54) is 18.5 Å². The van der Waals surface area contributed by atoms with E-state index in [1.807, 2.05) is 0 Å². The van der Waals surface area contributed by atoms with E-state index in [4.69, 9.17) is 15.9 Å².